The molecule has 1 aliphatic heterocycles. The highest BCUT2D eigenvalue weighted by Gasteiger charge is 2.48. The Hall–Kier alpha value is -3.65. The van der Waals surface area contributed by atoms with E-state index in [2.05, 4.69) is 27.2 Å². The van der Waals surface area contributed by atoms with Crippen molar-refractivity contribution in [2.75, 3.05) is 13.2 Å². The van der Waals surface area contributed by atoms with Gasteiger partial charge in [-0.1, -0.05) is 36.0 Å². The first kappa shape index (κ1) is 31.9. The Bertz CT molecular complexity index is 1350. The highest BCUT2D eigenvalue weighted by atomic mass is 19.4. The number of piperidine rings is 1. The van der Waals surface area contributed by atoms with E-state index in [1.165, 1.54) is 17.8 Å². The van der Waals surface area contributed by atoms with Gasteiger partial charge in [-0.05, 0) is 62.9 Å². The van der Waals surface area contributed by atoms with E-state index < -0.39 is 46.4 Å². The monoisotopic (exact) mass is 587 g/mol. The highest BCUT2D eigenvalue weighted by Crippen LogP contribution is 2.40. The number of rotatable bonds is 9. The first-order chi connectivity index (χ1) is 19.1. The number of allylic oxidation sites excluding steroid dienone is 3. The average Bonchev–Trinajstić information content (AvgIpc) is 3.36. The molecule has 0 unspecified atom stereocenters. The number of hydrogen-bond acceptors (Lipinski definition) is 6. The van der Waals surface area contributed by atoms with Crippen molar-refractivity contribution >= 4 is 5.71 Å². The van der Waals surface area contributed by atoms with Gasteiger partial charge in [0.15, 0.2) is 0 Å². The minimum absolute atomic E-state index is 0.0400. The molecule has 1 aromatic carbocycles. The summed E-state index contributed by atoms with van der Waals surface area (Å²) in [5.41, 5.74) is -5.12. The second-order valence-electron chi connectivity index (χ2n) is 9.89. The van der Waals surface area contributed by atoms with Crippen molar-refractivity contribution in [1.29, 1.82) is 0 Å². The van der Waals surface area contributed by atoms with Crippen molar-refractivity contribution in [3.05, 3.63) is 88.2 Å². The summed E-state index contributed by atoms with van der Waals surface area (Å²) in [7, 11) is 0. The third-order valence-electron chi connectivity index (χ3n) is 7.40. The van der Waals surface area contributed by atoms with Crippen LogP contribution in [0.1, 0.15) is 56.4 Å². The number of ether oxygens (including phenoxy) is 1. The van der Waals surface area contributed by atoms with E-state index in [-0.39, 0.29) is 43.3 Å². The summed E-state index contributed by atoms with van der Waals surface area (Å²) in [6, 6.07) is 1.34. The summed E-state index contributed by atoms with van der Waals surface area (Å²) >= 11 is 0. The number of halogens is 6. The van der Waals surface area contributed by atoms with Crippen LogP contribution in [0.25, 0.3) is 0 Å². The standard InChI is InChI=1S/C27H31F6N5O3/c1-5-6-7-8-17(2)24(9-10-25(14-34-24,19(4)37-40)38-16-35-36-23(38)39)15-41-18(3)20-11-21(26(28,29)30)13-22(12-20)27(31,32)33/h5-8,11-13,16,18,34,40H,2,9-10,14-15H2,1,3-4H3,(H,36,39)/b6-5-,8-7-,37-19+/t18-,24-,25+/m1/s1. The van der Waals surface area contributed by atoms with Crippen LogP contribution in [0.3, 0.4) is 0 Å². The van der Waals surface area contributed by atoms with Gasteiger partial charge in [-0.25, -0.2) is 9.89 Å². The molecule has 0 aliphatic carbocycles. The molecule has 2 heterocycles. The normalized spacial score (nSPS) is 23.4. The van der Waals surface area contributed by atoms with Crippen LogP contribution in [0.5, 0.6) is 0 Å². The Morgan fingerprint density at radius 3 is 2.29 bits per heavy atom. The SMILES string of the molecule is C=C(/C=C\C=C/C)[C@]1(CO[C@H](C)c2cc(C(F)(F)F)cc(C(F)(F)F)c2)CC[C@](/C(C)=N/O)(n2cn[nH]c2=O)CN1. The van der Waals surface area contributed by atoms with Crippen molar-refractivity contribution in [3.8, 4) is 0 Å². The van der Waals surface area contributed by atoms with Gasteiger partial charge in [0.1, 0.15) is 11.9 Å². The van der Waals surface area contributed by atoms with E-state index >= 15 is 0 Å². The van der Waals surface area contributed by atoms with E-state index in [4.69, 9.17) is 4.74 Å². The molecule has 0 radical (unpaired) electrons. The second-order valence-corrected chi connectivity index (χ2v) is 9.89. The van der Waals surface area contributed by atoms with Gasteiger partial charge in [0.2, 0.25) is 0 Å². The number of alkyl halides is 6. The Morgan fingerprint density at radius 1 is 1.20 bits per heavy atom. The smallest absolute Gasteiger partial charge is 0.411 e. The number of nitrogens with one attached hydrogen (secondary N) is 2. The van der Waals surface area contributed by atoms with Crippen LogP contribution in [-0.2, 0) is 22.6 Å². The van der Waals surface area contributed by atoms with Crippen LogP contribution >= 0.6 is 0 Å². The molecule has 0 amide bonds. The third-order valence-corrected chi connectivity index (χ3v) is 7.40. The Kier molecular flexibility index (Phi) is 9.38. The maximum Gasteiger partial charge on any atom is 0.416 e. The molecule has 3 rings (SSSR count). The van der Waals surface area contributed by atoms with Gasteiger partial charge >= 0.3 is 18.0 Å². The predicted octanol–water partition coefficient (Wildman–Crippen LogP) is 5.74. The summed E-state index contributed by atoms with van der Waals surface area (Å²) < 4.78 is 87.6. The van der Waals surface area contributed by atoms with Crippen molar-refractivity contribution in [2.45, 2.75) is 63.1 Å². The molecule has 0 bridgehead atoms. The fraction of sp³-hybridized carbons (Fsp3) is 0.444. The van der Waals surface area contributed by atoms with Crippen LogP contribution < -0.4 is 11.0 Å². The molecule has 14 heteroatoms. The molecule has 3 atom stereocenters. The van der Waals surface area contributed by atoms with Crippen LogP contribution in [-0.4, -0.2) is 44.4 Å². The first-order valence-corrected chi connectivity index (χ1v) is 12.6. The van der Waals surface area contributed by atoms with E-state index in [1.54, 1.807) is 31.2 Å². The van der Waals surface area contributed by atoms with Crippen LogP contribution in [0.2, 0.25) is 0 Å². The lowest BCUT2D eigenvalue weighted by Gasteiger charge is -2.47. The van der Waals surface area contributed by atoms with Crippen LogP contribution in [0, 0.1) is 0 Å². The van der Waals surface area contributed by atoms with Crippen molar-refractivity contribution in [1.82, 2.24) is 20.1 Å². The summed E-state index contributed by atoms with van der Waals surface area (Å²) in [5, 5.41) is 22.3. The Morgan fingerprint density at radius 2 is 1.83 bits per heavy atom. The second kappa shape index (κ2) is 12.1. The molecule has 0 spiro atoms. The van der Waals surface area contributed by atoms with Gasteiger partial charge in [0.05, 0.1) is 35.1 Å². The van der Waals surface area contributed by atoms with Crippen molar-refractivity contribution in [2.24, 2.45) is 5.16 Å². The Labute approximate surface area is 232 Å². The molecule has 1 fully saturated rings. The number of aromatic amines is 1. The number of H-pyrrole nitrogens is 1. The fourth-order valence-electron chi connectivity index (χ4n) is 4.76. The predicted molar refractivity (Wildman–Crippen MR) is 140 cm³/mol. The van der Waals surface area contributed by atoms with E-state index in [0.29, 0.717) is 17.7 Å². The number of oxime groups is 1. The van der Waals surface area contributed by atoms with Crippen LogP contribution in [0.4, 0.5) is 26.3 Å². The number of nitrogens with zero attached hydrogens (tertiary/aromatic N) is 3. The molecule has 41 heavy (non-hydrogen) atoms. The lowest BCUT2D eigenvalue weighted by molar-refractivity contribution is -0.143. The average molecular weight is 588 g/mol. The molecule has 1 aliphatic rings. The molecule has 2 aromatic rings. The third kappa shape index (κ3) is 6.81. The van der Waals surface area contributed by atoms with Crippen molar-refractivity contribution in [3.63, 3.8) is 0 Å². The largest absolute Gasteiger partial charge is 0.416 e. The quantitative estimate of drug-likeness (QED) is 0.114. The number of aromatic nitrogens is 3. The number of hydrogen-bond donors (Lipinski definition) is 3. The fourth-order valence-corrected chi connectivity index (χ4v) is 4.76. The molecule has 8 nitrogen and oxygen atoms in total. The zero-order chi connectivity index (χ0) is 30.6. The van der Waals surface area contributed by atoms with Gasteiger partial charge < -0.3 is 15.3 Å². The van der Waals surface area contributed by atoms with E-state index in [1.807, 2.05) is 6.92 Å². The van der Waals surface area contributed by atoms with Crippen molar-refractivity contribution < 1.29 is 36.3 Å². The van der Waals surface area contributed by atoms with Gasteiger partial charge in [-0.15, -0.1) is 0 Å². The summed E-state index contributed by atoms with van der Waals surface area (Å²) in [4.78, 5) is 12.4. The molecular formula is C27H31F6N5O3. The van der Waals surface area contributed by atoms with Gasteiger partial charge in [-0.3, -0.25) is 4.57 Å². The van der Waals surface area contributed by atoms with E-state index in [9.17, 15) is 36.3 Å². The van der Waals surface area contributed by atoms with E-state index in [0.717, 1.165) is 0 Å². The molecule has 1 aromatic heterocycles. The minimum Gasteiger partial charge on any atom is -0.411 e. The topological polar surface area (TPSA) is 105 Å². The Balaban J connectivity index is 1.96. The molecular weight excluding hydrogens is 556 g/mol. The number of benzene rings is 1. The molecule has 1 saturated heterocycles. The van der Waals surface area contributed by atoms with Gasteiger partial charge in [0, 0.05) is 6.54 Å². The van der Waals surface area contributed by atoms with Gasteiger partial charge in [-0.2, -0.15) is 31.4 Å². The molecule has 0 saturated carbocycles. The highest BCUT2D eigenvalue weighted by molar-refractivity contribution is 5.89. The van der Waals surface area contributed by atoms with Gasteiger partial charge in [0.25, 0.3) is 0 Å². The lowest BCUT2D eigenvalue weighted by atomic mass is 9.74. The lowest BCUT2D eigenvalue weighted by Crippen LogP contribution is -2.64. The summed E-state index contributed by atoms with van der Waals surface area (Å²) in [5.74, 6) is 0. The zero-order valence-corrected chi connectivity index (χ0v) is 22.6. The first-order valence-electron chi connectivity index (χ1n) is 12.6. The summed E-state index contributed by atoms with van der Waals surface area (Å²) in [6.07, 6.45) is -2.44. The molecule has 3 N–H and O–H groups in total. The zero-order valence-electron chi connectivity index (χ0n) is 22.6. The maximum absolute atomic E-state index is 13.4. The minimum atomic E-state index is -4.99. The molecule has 224 valence electrons. The summed E-state index contributed by atoms with van der Waals surface area (Å²) in [6.45, 7) is 8.70. The van der Waals surface area contributed by atoms with Crippen LogP contribution in [0.15, 0.2) is 70.9 Å². The maximum atomic E-state index is 13.4.